The van der Waals surface area contributed by atoms with Crippen LogP contribution < -0.4 is 4.74 Å². The number of nitrogens with zero attached hydrogens (tertiary/aromatic N) is 4. The van der Waals surface area contributed by atoms with E-state index in [2.05, 4.69) is 10.1 Å². The number of rotatable bonds is 8. The molecule has 0 bridgehead atoms. The largest absolute Gasteiger partial charge is 0.471 e. The lowest BCUT2D eigenvalue weighted by Gasteiger charge is -2.16. The van der Waals surface area contributed by atoms with E-state index in [-0.39, 0.29) is 17.4 Å². The number of hydrogen-bond donors (Lipinski definition) is 0. The van der Waals surface area contributed by atoms with Crippen LogP contribution in [0.3, 0.4) is 0 Å². The van der Waals surface area contributed by atoms with Crippen LogP contribution in [0.25, 0.3) is 11.1 Å². The normalized spacial score (nSPS) is 13.7. The van der Waals surface area contributed by atoms with Gasteiger partial charge in [-0.3, -0.25) is 9.48 Å². The van der Waals surface area contributed by atoms with Crippen LogP contribution in [0.2, 0.25) is 0 Å². The first kappa shape index (κ1) is 21.8. The maximum absolute atomic E-state index is 13.1. The maximum Gasteiger partial charge on any atom is 0.278 e. The van der Waals surface area contributed by atoms with Gasteiger partial charge in [-0.1, -0.05) is 24.3 Å². The van der Waals surface area contributed by atoms with Crippen molar-refractivity contribution >= 4 is 5.91 Å². The van der Waals surface area contributed by atoms with Crippen LogP contribution in [0.15, 0.2) is 48.9 Å². The molecule has 0 spiro atoms. The highest BCUT2D eigenvalue weighted by atomic mass is 19.3. The van der Waals surface area contributed by atoms with E-state index < -0.39 is 25.5 Å². The number of aromatic nitrogens is 3. The van der Waals surface area contributed by atoms with Gasteiger partial charge in [0.2, 0.25) is 5.88 Å². The molecule has 2 aromatic heterocycles. The third-order valence-electron chi connectivity index (χ3n) is 4.95. The summed E-state index contributed by atoms with van der Waals surface area (Å²) in [6, 6.07) is 9.00. The summed E-state index contributed by atoms with van der Waals surface area (Å²) in [6.07, 6.45) is 2.02. The number of ether oxygens (including phenoxy) is 1. The first-order valence-corrected chi connectivity index (χ1v) is 9.87. The SMILES string of the molecule is CC(F)(F)COc1nccc2c1C(=O)N(Cc1ccc(-c3cnn(CC(F)F)c3)cc1)C2. The first-order chi connectivity index (χ1) is 15.2. The Kier molecular flexibility index (Phi) is 5.86. The van der Waals surface area contributed by atoms with Crippen molar-refractivity contribution in [1.29, 1.82) is 0 Å². The molecule has 1 aliphatic rings. The minimum atomic E-state index is -3.04. The molecule has 0 saturated heterocycles. The van der Waals surface area contributed by atoms with Crippen molar-refractivity contribution in [2.75, 3.05) is 6.61 Å². The van der Waals surface area contributed by atoms with Gasteiger partial charge in [-0.15, -0.1) is 0 Å². The summed E-state index contributed by atoms with van der Waals surface area (Å²) >= 11 is 0. The fourth-order valence-corrected chi connectivity index (χ4v) is 3.49. The molecule has 3 heterocycles. The number of fused-ring (bicyclic) bond motifs is 1. The second kappa shape index (κ2) is 8.60. The van der Waals surface area contributed by atoms with Gasteiger partial charge in [0.25, 0.3) is 18.3 Å². The van der Waals surface area contributed by atoms with E-state index >= 15 is 0 Å². The molecular formula is C22H20F4N4O2. The van der Waals surface area contributed by atoms with E-state index in [9.17, 15) is 22.4 Å². The Morgan fingerprint density at radius 3 is 2.59 bits per heavy atom. The monoisotopic (exact) mass is 448 g/mol. The van der Waals surface area contributed by atoms with Crippen LogP contribution in [-0.4, -0.2) is 44.5 Å². The van der Waals surface area contributed by atoms with E-state index in [1.54, 1.807) is 17.2 Å². The molecule has 0 N–H and O–H groups in total. The lowest BCUT2D eigenvalue weighted by molar-refractivity contribution is -0.0245. The smallest absolute Gasteiger partial charge is 0.278 e. The number of hydrogen-bond acceptors (Lipinski definition) is 4. The van der Waals surface area contributed by atoms with Crippen LogP contribution in [0.1, 0.15) is 28.4 Å². The van der Waals surface area contributed by atoms with Crippen molar-refractivity contribution in [3.63, 3.8) is 0 Å². The molecular weight excluding hydrogens is 428 g/mol. The fraction of sp³-hybridized carbons (Fsp3) is 0.318. The molecule has 0 atom stereocenters. The second-order valence-corrected chi connectivity index (χ2v) is 7.71. The van der Waals surface area contributed by atoms with Crippen LogP contribution in [0.5, 0.6) is 5.88 Å². The zero-order valence-electron chi connectivity index (χ0n) is 17.1. The Balaban J connectivity index is 1.44. The molecule has 0 radical (unpaired) electrons. The lowest BCUT2D eigenvalue weighted by atomic mass is 10.1. The average molecular weight is 448 g/mol. The summed E-state index contributed by atoms with van der Waals surface area (Å²) < 4.78 is 57.6. The molecule has 0 aliphatic carbocycles. The highest BCUT2D eigenvalue weighted by Crippen LogP contribution is 2.31. The molecule has 0 unspecified atom stereocenters. The molecule has 32 heavy (non-hydrogen) atoms. The Morgan fingerprint density at radius 1 is 1.16 bits per heavy atom. The summed E-state index contributed by atoms with van der Waals surface area (Å²) in [5.74, 6) is -3.46. The van der Waals surface area contributed by atoms with Gasteiger partial charge in [0.05, 0.1) is 6.20 Å². The summed E-state index contributed by atoms with van der Waals surface area (Å²) in [5.41, 5.74) is 3.25. The van der Waals surface area contributed by atoms with Gasteiger partial charge in [0, 0.05) is 38.0 Å². The number of pyridine rings is 1. The summed E-state index contributed by atoms with van der Waals surface area (Å²) in [7, 11) is 0. The zero-order chi connectivity index (χ0) is 22.9. The van der Waals surface area contributed by atoms with Crippen molar-refractivity contribution in [3.8, 4) is 17.0 Å². The molecule has 6 nitrogen and oxygen atoms in total. The summed E-state index contributed by atoms with van der Waals surface area (Å²) in [6.45, 7) is 0.0303. The van der Waals surface area contributed by atoms with Crippen molar-refractivity contribution in [2.45, 2.75) is 38.9 Å². The van der Waals surface area contributed by atoms with Crippen LogP contribution in [0, 0.1) is 0 Å². The number of halogens is 4. The number of carbonyl (C=O) groups is 1. The molecule has 3 aromatic rings. The van der Waals surface area contributed by atoms with Crippen molar-refractivity contribution < 1.29 is 27.1 Å². The topological polar surface area (TPSA) is 60.2 Å². The highest BCUT2D eigenvalue weighted by Gasteiger charge is 2.33. The van der Waals surface area contributed by atoms with Crippen LogP contribution in [-0.2, 0) is 19.6 Å². The van der Waals surface area contributed by atoms with Gasteiger partial charge >= 0.3 is 0 Å². The second-order valence-electron chi connectivity index (χ2n) is 7.71. The van der Waals surface area contributed by atoms with Crippen LogP contribution in [0.4, 0.5) is 17.6 Å². The molecule has 0 fully saturated rings. The molecule has 1 aromatic carbocycles. The number of benzene rings is 1. The van der Waals surface area contributed by atoms with Crippen molar-refractivity contribution in [2.24, 2.45) is 0 Å². The Hall–Kier alpha value is -3.43. The first-order valence-electron chi connectivity index (χ1n) is 9.87. The summed E-state index contributed by atoms with van der Waals surface area (Å²) in [4.78, 5) is 18.4. The third kappa shape index (κ3) is 4.90. The minimum absolute atomic E-state index is 0.0901. The molecule has 168 valence electrons. The predicted molar refractivity (Wildman–Crippen MR) is 108 cm³/mol. The van der Waals surface area contributed by atoms with Crippen LogP contribution >= 0.6 is 0 Å². The maximum atomic E-state index is 13.1. The fourth-order valence-electron chi connectivity index (χ4n) is 3.49. The van der Waals surface area contributed by atoms with Gasteiger partial charge in [-0.05, 0) is 22.8 Å². The van der Waals surface area contributed by atoms with Gasteiger partial charge < -0.3 is 9.64 Å². The predicted octanol–water partition coefficient (Wildman–Crippen LogP) is 4.40. The average Bonchev–Trinajstić information content (AvgIpc) is 3.31. The standard InChI is InChI=1S/C22H20F4N4O2/c1-22(25,26)13-32-20-19-16(6-7-27-20)10-29(21(19)31)9-14-2-4-15(5-3-14)17-8-28-30(11-17)12-18(23)24/h2-8,11,18H,9-10,12-13H2,1H3. The Bertz CT molecular complexity index is 1110. The quantitative estimate of drug-likeness (QED) is 0.480. The van der Waals surface area contributed by atoms with E-state index in [1.165, 1.54) is 17.1 Å². The molecule has 0 saturated carbocycles. The highest BCUT2D eigenvalue weighted by molar-refractivity contribution is 6.00. The summed E-state index contributed by atoms with van der Waals surface area (Å²) in [5, 5.41) is 3.93. The molecule has 1 aliphatic heterocycles. The molecule has 10 heteroatoms. The van der Waals surface area contributed by atoms with Crippen molar-refractivity contribution in [1.82, 2.24) is 19.7 Å². The van der Waals surface area contributed by atoms with E-state index in [0.717, 1.165) is 18.1 Å². The third-order valence-corrected chi connectivity index (χ3v) is 4.95. The van der Waals surface area contributed by atoms with Gasteiger partial charge in [-0.25, -0.2) is 22.5 Å². The van der Waals surface area contributed by atoms with E-state index in [0.29, 0.717) is 24.2 Å². The van der Waals surface area contributed by atoms with Gasteiger partial charge in [-0.2, -0.15) is 5.10 Å². The van der Waals surface area contributed by atoms with E-state index in [1.807, 2.05) is 24.3 Å². The molecule has 4 rings (SSSR count). The Morgan fingerprint density at radius 2 is 1.91 bits per heavy atom. The minimum Gasteiger partial charge on any atom is -0.471 e. The number of carbonyl (C=O) groups excluding carboxylic acids is 1. The number of alkyl halides is 4. The Labute approximate surface area is 181 Å². The van der Waals surface area contributed by atoms with Gasteiger partial charge in [0.1, 0.15) is 12.1 Å². The van der Waals surface area contributed by atoms with Gasteiger partial charge in [0.15, 0.2) is 6.61 Å². The molecule has 1 amide bonds. The lowest BCUT2D eigenvalue weighted by Crippen LogP contribution is -2.25. The number of amides is 1. The van der Waals surface area contributed by atoms with E-state index in [4.69, 9.17) is 4.74 Å². The van der Waals surface area contributed by atoms with Crippen molar-refractivity contribution in [3.05, 3.63) is 65.6 Å². The zero-order valence-corrected chi connectivity index (χ0v) is 17.1.